The van der Waals surface area contributed by atoms with E-state index in [9.17, 15) is 39.3 Å². The van der Waals surface area contributed by atoms with Gasteiger partial charge in [-0.2, -0.15) is 0 Å². The number of aliphatic hydroxyl groups excluding tert-OH is 2. The number of benzene rings is 1. The van der Waals surface area contributed by atoms with Crippen molar-refractivity contribution >= 4 is 40.3 Å². The number of methoxy groups -OCH3 is 1. The molecular formula is C28H30N4O9. The summed E-state index contributed by atoms with van der Waals surface area (Å²) in [6.45, 7) is 1.32. The van der Waals surface area contributed by atoms with Gasteiger partial charge >= 0.3 is 5.97 Å². The van der Waals surface area contributed by atoms with Crippen LogP contribution in [0.5, 0.6) is 0 Å². The van der Waals surface area contributed by atoms with E-state index in [2.05, 4.69) is 15.6 Å². The highest BCUT2D eigenvalue weighted by Gasteiger charge is 2.55. The number of carbonyl (C=O) groups is 5. The molecule has 0 unspecified atom stereocenters. The molecule has 1 aromatic carbocycles. The van der Waals surface area contributed by atoms with E-state index >= 15 is 0 Å². The number of allylic oxidation sites excluding steroid dienone is 2. The van der Waals surface area contributed by atoms with Crippen LogP contribution in [0, 0.1) is 5.92 Å². The third-order valence-electron chi connectivity index (χ3n) is 7.85. The standard InChI is InChI=1S/C28H30N4O9/c1-12(11-33)7-18(28(39)40)31-26(37)19-9-15-20(22(35)24(41-2)23(36)21(15)34)25-30-17(27(38)32(19)25)8-13-10-29-16-6-4-3-5-14(13)16/h3-6,10,12,17-19,25,29-30,33,36H,7-9,11H2,1-2H3,(H,31,37)(H,39,40)/t12-,17-,18-,19+,25-/m0/s1. The molecule has 6 N–H and O–H groups in total. The lowest BCUT2D eigenvalue weighted by atomic mass is 9.82. The number of carboxylic acids is 1. The number of ketones is 2. The smallest absolute Gasteiger partial charge is 0.326 e. The average Bonchev–Trinajstić information content (AvgIpc) is 3.51. The summed E-state index contributed by atoms with van der Waals surface area (Å²) in [5.41, 5.74) is 1.42. The van der Waals surface area contributed by atoms with E-state index in [1.165, 1.54) is 4.90 Å². The number of aliphatic carboxylic acids is 1. The van der Waals surface area contributed by atoms with E-state index in [4.69, 9.17) is 4.74 Å². The van der Waals surface area contributed by atoms with Gasteiger partial charge in [0, 0.05) is 41.3 Å². The van der Waals surface area contributed by atoms with Crippen LogP contribution in [0.2, 0.25) is 0 Å². The van der Waals surface area contributed by atoms with Crippen molar-refractivity contribution in [2.75, 3.05) is 13.7 Å². The van der Waals surface area contributed by atoms with Gasteiger partial charge in [0.1, 0.15) is 18.2 Å². The van der Waals surface area contributed by atoms with Gasteiger partial charge in [0.2, 0.25) is 34.9 Å². The molecule has 0 spiro atoms. The van der Waals surface area contributed by atoms with Gasteiger partial charge in [-0.15, -0.1) is 0 Å². The van der Waals surface area contributed by atoms with Crippen LogP contribution in [0.15, 0.2) is 53.1 Å². The molecule has 1 aliphatic carbocycles. The fraction of sp³-hybridized carbons (Fsp3) is 0.393. The predicted molar refractivity (Wildman–Crippen MR) is 142 cm³/mol. The predicted octanol–water partition coefficient (Wildman–Crippen LogP) is 0.0615. The number of hydrogen-bond donors (Lipinski definition) is 6. The minimum Gasteiger partial charge on any atom is -0.501 e. The van der Waals surface area contributed by atoms with E-state index < -0.39 is 77.5 Å². The van der Waals surface area contributed by atoms with Crippen molar-refractivity contribution in [1.29, 1.82) is 0 Å². The third-order valence-corrected chi connectivity index (χ3v) is 7.85. The molecule has 13 heteroatoms. The van der Waals surface area contributed by atoms with Crippen molar-refractivity contribution in [2.45, 2.75) is 50.5 Å². The number of amides is 2. The van der Waals surface area contributed by atoms with E-state index in [1.54, 1.807) is 13.1 Å². The number of aromatic amines is 1. The quantitative estimate of drug-likeness (QED) is 0.226. The number of Topliss-reactive ketones (excluding diaryl/α,β-unsaturated/α-hetero) is 2. The van der Waals surface area contributed by atoms with Gasteiger partial charge < -0.3 is 35.3 Å². The van der Waals surface area contributed by atoms with Crippen LogP contribution < -0.4 is 10.6 Å². The molecule has 5 atom stereocenters. The summed E-state index contributed by atoms with van der Waals surface area (Å²) in [5.74, 6) is -6.29. The molecule has 41 heavy (non-hydrogen) atoms. The van der Waals surface area contributed by atoms with Gasteiger partial charge in [-0.3, -0.25) is 24.5 Å². The molecule has 2 amide bonds. The Kier molecular flexibility index (Phi) is 7.41. The summed E-state index contributed by atoms with van der Waals surface area (Å²) in [4.78, 5) is 70.1. The zero-order valence-corrected chi connectivity index (χ0v) is 22.3. The third kappa shape index (κ3) is 4.76. The number of carbonyl (C=O) groups excluding carboxylic acids is 4. The minimum atomic E-state index is -1.37. The number of nitrogens with zero attached hydrogens (tertiary/aromatic N) is 1. The van der Waals surface area contributed by atoms with Crippen LogP contribution in [-0.2, 0) is 35.1 Å². The SMILES string of the molecule is COC1=C(O)C(=O)C2=C(C1=O)[C@H]1N[C@@H](Cc3c[nH]c4ccccc34)C(=O)N1[C@@H](C(=O)N[C@@H](C[C@H](C)CO)C(=O)O)C2. The summed E-state index contributed by atoms with van der Waals surface area (Å²) < 4.78 is 5.00. The van der Waals surface area contributed by atoms with Crippen molar-refractivity contribution < 1.29 is 44.0 Å². The fourth-order valence-corrected chi connectivity index (χ4v) is 5.77. The zero-order valence-electron chi connectivity index (χ0n) is 22.3. The number of fused-ring (bicyclic) bond motifs is 3. The second kappa shape index (κ2) is 10.8. The van der Waals surface area contributed by atoms with Crippen molar-refractivity contribution in [3.63, 3.8) is 0 Å². The van der Waals surface area contributed by atoms with Crippen LogP contribution in [0.25, 0.3) is 10.9 Å². The summed E-state index contributed by atoms with van der Waals surface area (Å²) in [7, 11) is 1.13. The van der Waals surface area contributed by atoms with Crippen LogP contribution >= 0.6 is 0 Å². The molecule has 1 aromatic heterocycles. The van der Waals surface area contributed by atoms with Crippen molar-refractivity contribution in [3.05, 3.63) is 58.7 Å². The van der Waals surface area contributed by atoms with E-state index in [0.29, 0.717) is 0 Å². The Labute approximate surface area is 233 Å². The number of nitrogens with one attached hydrogen (secondary N) is 3. The number of rotatable bonds is 9. The minimum absolute atomic E-state index is 0.0742. The van der Waals surface area contributed by atoms with Gasteiger partial charge in [-0.1, -0.05) is 25.1 Å². The molecule has 216 valence electrons. The van der Waals surface area contributed by atoms with E-state index in [-0.39, 0.29) is 30.6 Å². The molecule has 13 nitrogen and oxygen atoms in total. The van der Waals surface area contributed by atoms with Crippen LogP contribution in [0.4, 0.5) is 0 Å². The van der Waals surface area contributed by atoms with Crippen LogP contribution in [0.1, 0.15) is 25.3 Å². The summed E-state index contributed by atoms with van der Waals surface area (Å²) in [6.07, 6.45) is 0.267. The number of hydrogen-bond acceptors (Lipinski definition) is 9. The molecule has 1 fully saturated rings. The summed E-state index contributed by atoms with van der Waals surface area (Å²) >= 11 is 0. The van der Waals surface area contributed by atoms with Gasteiger partial charge in [0.25, 0.3) is 0 Å². The monoisotopic (exact) mass is 566 g/mol. The number of aromatic nitrogens is 1. The van der Waals surface area contributed by atoms with Crippen LogP contribution in [0.3, 0.4) is 0 Å². The Balaban J connectivity index is 1.51. The number of aliphatic hydroxyl groups is 2. The molecule has 3 heterocycles. The number of ether oxygens (including phenoxy) is 1. The average molecular weight is 567 g/mol. The second-order valence-electron chi connectivity index (χ2n) is 10.5. The molecule has 0 bridgehead atoms. The highest BCUT2D eigenvalue weighted by Crippen LogP contribution is 2.39. The maximum Gasteiger partial charge on any atom is 0.326 e. The lowest BCUT2D eigenvalue weighted by molar-refractivity contribution is -0.145. The summed E-state index contributed by atoms with van der Waals surface area (Å²) in [5, 5.41) is 35.8. The van der Waals surface area contributed by atoms with E-state index in [1.807, 2.05) is 24.3 Å². The Morgan fingerprint density at radius 3 is 2.61 bits per heavy atom. The number of para-hydroxylation sites is 1. The van der Waals surface area contributed by atoms with E-state index in [0.717, 1.165) is 23.6 Å². The molecule has 2 aromatic rings. The molecule has 5 rings (SSSR count). The first kappa shape index (κ1) is 28.1. The zero-order chi connectivity index (χ0) is 29.6. The first-order chi connectivity index (χ1) is 19.6. The van der Waals surface area contributed by atoms with Crippen molar-refractivity contribution in [3.8, 4) is 0 Å². The Morgan fingerprint density at radius 2 is 1.93 bits per heavy atom. The number of carboxylic acid groups (broad SMARTS) is 1. The second-order valence-corrected chi connectivity index (χ2v) is 10.5. The highest BCUT2D eigenvalue weighted by molar-refractivity contribution is 6.25. The molecule has 3 aliphatic rings. The van der Waals surface area contributed by atoms with Gasteiger partial charge in [-0.05, 0) is 30.4 Å². The molecule has 1 saturated heterocycles. The maximum atomic E-state index is 13.9. The summed E-state index contributed by atoms with van der Waals surface area (Å²) in [6, 6.07) is 3.89. The van der Waals surface area contributed by atoms with Crippen molar-refractivity contribution in [1.82, 2.24) is 20.5 Å². The largest absolute Gasteiger partial charge is 0.501 e. The fourth-order valence-electron chi connectivity index (χ4n) is 5.77. The lowest BCUT2D eigenvalue weighted by Crippen LogP contribution is -2.59. The Morgan fingerprint density at radius 1 is 1.20 bits per heavy atom. The molecular weight excluding hydrogens is 536 g/mol. The van der Waals surface area contributed by atoms with Gasteiger partial charge in [0.05, 0.1) is 13.2 Å². The normalized spacial score (nSPS) is 23.9. The van der Waals surface area contributed by atoms with Crippen LogP contribution in [-0.4, -0.2) is 92.6 Å². The van der Waals surface area contributed by atoms with Gasteiger partial charge in [-0.25, -0.2) is 4.79 Å². The first-order valence-electron chi connectivity index (χ1n) is 13.1. The molecule has 0 radical (unpaired) electrons. The van der Waals surface area contributed by atoms with Gasteiger partial charge in [0.15, 0.2) is 0 Å². The Bertz CT molecular complexity index is 1520. The Hall–Kier alpha value is -4.49. The maximum absolute atomic E-state index is 13.9. The topological polar surface area (TPSA) is 198 Å². The highest BCUT2D eigenvalue weighted by atomic mass is 16.5. The molecule has 0 saturated carbocycles. The number of H-pyrrole nitrogens is 1. The lowest BCUT2D eigenvalue weighted by Gasteiger charge is -2.39. The molecule has 2 aliphatic heterocycles. The van der Waals surface area contributed by atoms with Crippen molar-refractivity contribution in [2.24, 2.45) is 5.92 Å². The first-order valence-corrected chi connectivity index (χ1v) is 13.1.